The van der Waals surface area contributed by atoms with Crippen molar-refractivity contribution in [3.05, 3.63) is 74.1 Å². The molecule has 8 heteroatoms. The molecule has 0 saturated carbocycles. The average molecular weight is 498 g/mol. The van der Waals surface area contributed by atoms with Crippen LogP contribution in [0.3, 0.4) is 0 Å². The molecule has 1 atom stereocenters. The Bertz CT molecular complexity index is 1180. The largest absolute Gasteiger partial charge is 0.454 e. The molecule has 3 aromatic rings. The lowest BCUT2D eigenvalue weighted by atomic mass is 10.00. The average Bonchev–Trinajstić information content (AvgIpc) is 3.37. The first-order chi connectivity index (χ1) is 15.2. The molecule has 0 aliphatic carbocycles. The number of fused-ring (bicyclic) bond motifs is 4. The van der Waals surface area contributed by atoms with Gasteiger partial charge in [-0.05, 0) is 29.7 Å². The molecule has 158 valence electrons. The van der Waals surface area contributed by atoms with Crippen LogP contribution in [0, 0.1) is 0 Å². The minimum atomic E-state index is -0.329. The number of ether oxygens (including phenoxy) is 2. The summed E-state index contributed by atoms with van der Waals surface area (Å²) in [5, 5.41) is 7.61. The number of nitrogens with zero attached hydrogens (tertiary/aromatic N) is 1. The second kappa shape index (κ2) is 7.55. The smallest absolute Gasteiger partial charge is 0.256 e. The predicted molar refractivity (Wildman–Crippen MR) is 123 cm³/mol. The van der Waals surface area contributed by atoms with E-state index in [1.165, 1.54) is 16.0 Å². The Balaban J connectivity index is 1.26. The van der Waals surface area contributed by atoms with Crippen molar-refractivity contribution in [1.82, 2.24) is 10.2 Å². The molecule has 1 aromatic heterocycles. The summed E-state index contributed by atoms with van der Waals surface area (Å²) < 4.78 is 11.8. The molecule has 0 unspecified atom stereocenters. The Morgan fingerprint density at radius 2 is 1.94 bits per heavy atom. The van der Waals surface area contributed by atoms with Crippen molar-refractivity contribution in [2.24, 2.45) is 0 Å². The summed E-state index contributed by atoms with van der Waals surface area (Å²) >= 11 is 5.31. The third-order valence-corrected chi connectivity index (χ3v) is 7.80. The van der Waals surface area contributed by atoms with Gasteiger partial charge in [-0.15, -0.1) is 11.3 Å². The number of amides is 1. The van der Waals surface area contributed by atoms with Gasteiger partial charge in [-0.3, -0.25) is 9.69 Å². The summed E-state index contributed by atoms with van der Waals surface area (Å²) in [6.07, 6.45) is 0.561. The van der Waals surface area contributed by atoms with Gasteiger partial charge in [-0.25, -0.2) is 0 Å². The number of carbonyl (C=O) groups is 1. The monoisotopic (exact) mass is 497 g/mol. The fraction of sp³-hybridized carbons (Fsp3) is 0.261. The molecule has 31 heavy (non-hydrogen) atoms. The van der Waals surface area contributed by atoms with Gasteiger partial charge in [0.25, 0.3) is 5.91 Å². The molecule has 6 rings (SSSR count). The normalized spacial score (nSPS) is 19.4. The minimum Gasteiger partial charge on any atom is -0.454 e. The number of hydrogen-bond donors (Lipinski definition) is 2. The second-order valence-electron chi connectivity index (χ2n) is 7.93. The first kappa shape index (κ1) is 19.2. The zero-order valence-corrected chi connectivity index (χ0v) is 19.0. The fourth-order valence-corrected chi connectivity index (χ4v) is 6.32. The van der Waals surface area contributed by atoms with Crippen LogP contribution in [0.15, 0.2) is 46.9 Å². The van der Waals surface area contributed by atoms with Crippen molar-refractivity contribution < 1.29 is 14.3 Å². The van der Waals surface area contributed by atoms with Crippen LogP contribution < -0.4 is 20.1 Å². The third kappa shape index (κ3) is 3.39. The summed E-state index contributed by atoms with van der Waals surface area (Å²) in [5.41, 5.74) is 4.24. The number of hydrogen-bond acceptors (Lipinski definition) is 6. The maximum atomic E-state index is 13.1. The van der Waals surface area contributed by atoms with Crippen molar-refractivity contribution in [2.75, 3.05) is 18.7 Å². The van der Waals surface area contributed by atoms with Crippen molar-refractivity contribution in [2.45, 2.75) is 25.7 Å². The number of nitrogens with one attached hydrogen (secondary N) is 2. The van der Waals surface area contributed by atoms with Crippen LogP contribution in [0.4, 0.5) is 5.00 Å². The van der Waals surface area contributed by atoms with Crippen LogP contribution in [-0.2, 0) is 19.5 Å². The van der Waals surface area contributed by atoms with Crippen molar-refractivity contribution in [3.8, 4) is 11.5 Å². The highest BCUT2D eigenvalue weighted by Crippen LogP contribution is 2.44. The summed E-state index contributed by atoms with van der Waals surface area (Å²) in [6.45, 7) is 2.97. The van der Waals surface area contributed by atoms with Gasteiger partial charge in [0.1, 0.15) is 11.2 Å². The van der Waals surface area contributed by atoms with Gasteiger partial charge < -0.3 is 20.1 Å². The van der Waals surface area contributed by atoms with E-state index < -0.39 is 0 Å². The van der Waals surface area contributed by atoms with Gasteiger partial charge in [0.05, 0.1) is 5.56 Å². The lowest BCUT2D eigenvalue weighted by Gasteiger charge is -2.29. The Morgan fingerprint density at radius 3 is 2.77 bits per heavy atom. The van der Waals surface area contributed by atoms with Crippen LogP contribution >= 0.6 is 27.3 Å². The quantitative estimate of drug-likeness (QED) is 0.551. The maximum Gasteiger partial charge on any atom is 0.256 e. The predicted octanol–water partition coefficient (Wildman–Crippen LogP) is 4.65. The molecule has 0 saturated heterocycles. The second-order valence-corrected chi connectivity index (χ2v) is 9.89. The summed E-state index contributed by atoms with van der Waals surface area (Å²) in [7, 11) is 0. The van der Waals surface area contributed by atoms with E-state index >= 15 is 0 Å². The van der Waals surface area contributed by atoms with Crippen molar-refractivity contribution in [3.63, 3.8) is 0 Å². The number of rotatable bonds is 3. The number of benzene rings is 2. The molecule has 0 bridgehead atoms. The summed E-state index contributed by atoms with van der Waals surface area (Å²) in [5.74, 6) is 1.39. The van der Waals surface area contributed by atoms with Crippen molar-refractivity contribution >= 4 is 38.2 Å². The van der Waals surface area contributed by atoms with Crippen LogP contribution in [0.25, 0.3) is 0 Å². The van der Waals surface area contributed by atoms with Gasteiger partial charge in [0.2, 0.25) is 6.79 Å². The molecule has 0 spiro atoms. The van der Waals surface area contributed by atoms with Crippen LogP contribution in [0.5, 0.6) is 11.5 Å². The number of anilines is 1. The van der Waals surface area contributed by atoms with E-state index in [2.05, 4.69) is 55.7 Å². The SMILES string of the molecule is O=C1N[C@@H](c2cc3c(cc2Br)OCO3)Nc2sc3c(c21)CCN(Cc1ccccc1)C3. The molecule has 6 nitrogen and oxygen atoms in total. The molecule has 0 fully saturated rings. The van der Waals surface area contributed by atoms with E-state index in [0.717, 1.165) is 46.7 Å². The maximum absolute atomic E-state index is 13.1. The van der Waals surface area contributed by atoms with Gasteiger partial charge in [0.15, 0.2) is 11.5 Å². The third-order valence-electron chi connectivity index (χ3n) is 5.97. The molecule has 1 amide bonds. The Kier molecular flexibility index (Phi) is 4.66. The van der Waals surface area contributed by atoms with Crippen LogP contribution in [0.1, 0.15) is 38.1 Å². The van der Waals surface area contributed by atoms with Crippen LogP contribution in [0.2, 0.25) is 0 Å². The van der Waals surface area contributed by atoms with Gasteiger partial charge in [0, 0.05) is 34.5 Å². The van der Waals surface area contributed by atoms with Gasteiger partial charge in [-0.2, -0.15) is 0 Å². The Morgan fingerprint density at radius 1 is 1.13 bits per heavy atom. The van der Waals surface area contributed by atoms with E-state index in [1.54, 1.807) is 11.3 Å². The van der Waals surface area contributed by atoms with E-state index in [4.69, 9.17) is 9.47 Å². The Hall–Kier alpha value is -2.55. The molecule has 4 heterocycles. The van der Waals surface area contributed by atoms with E-state index in [0.29, 0.717) is 11.5 Å². The van der Waals surface area contributed by atoms with E-state index in [-0.39, 0.29) is 18.9 Å². The number of thiophene rings is 1. The standard InChI is InChI=1S/C23H20BrN3O3S/c24-16-9-18-17(29-12-30-18)8-15(16)21-25-22(28)20-14-6-7-27(10-13-4-2-1-3-5-13)11-19(14)31-23(20)26-21/h1-5,8-9,21,26H,6-7,10-12H2,(H,25,28)/t21-/m1/s1. The lowest BCUT2D eigenvalue weighted by molar-refractivity contribution is 0.0934. The molecular weight excluding hydrogens is 478 g/mol. The zero-order valence-electron chi connectivity index (χ0n) is 16.6. The molecule has 2 aromatic carbocycles. The fourth-order valence-electron chi connectivity index (χ4n) is 4.45. The topological polar surface area (TPSA) is 62.8 Å². The summed E-state index contributed by atoms with van der Waals surface area (Å²) in [4.78, 5) is 16.8. The highest BCUT2D eigenvalue weighted by atomic mass is 79.9. The Labute approximate surface area is 192 Å². The van der Waals surface area contributed by atoms with Gasteiger partial charge >= 0.3 is 0 Å². The molecule has 0 radical (unpaired) electrons. The highest BCUT2D eigenvalue weighted by molar-refractivity contribution is 9.10. The highest BCUT2D eigenvalue weighted by Gasteiger charge is 2.34. The first-order valence-corrected chi connectivity index (χ1v) is 11.8. The minimum absolute atomic E-state index is 0.0164. The zero-order chi connectivity index (χ0) is 20.9. The lowest BCUT2D eigenvalue weighted by Crippen LogP contribution is -2.39. The summed E-state index contributed by atoms with van der Waals surface area (Å²) in [6, 6.07) is 14.3. The molecule has 3 aliphatic rings. The van der Waals surface area contributed by atoms with Crippen LogP contribution in [-0.4, -0.2) is 24.1 Å². The molecule has 3 aliphatic heterocycles. The number of carbonyl (C=O) groups excluding carboxylic acids is 1. The van der Waals surface area contributed by atoms with Crippen molar-refractivity contribution in [1.29, 1.82) is 0 Å². The molecule has 2 N–H and O–H groups in total. The first-order valence-electron chi connectivity index (χ1n) is 10.2. The number of halogens is 1. The molecular formula is C23H20BrN3O3S. The van der Waals surface area contributed by atoms with E-state index in [1.807, 2.05) is 18.2 Å². The van der Waals surface area contributed by atoms with E-state index in [9.17, 15) is 4.79 Å². The van der Waals surface area contributed by atoms with Gasteiger partial charge in [-0.1, -0.05) is 46.3 Å².